The van der Waals surface area contributed by atoms with Gasteiger partial charge in [0.1, 0.15) is 0 Å². The molecule has 62 valence electrons. The van der Waals surface area contributed by atoms with Gasteiger partial charge in [-0.25, -0.2) is 0 Å². The summed E-state index contributed by atoms with van der Waals surface area (Å²) in [5.74, 6) is -1.15. The second-order valence-corrected chi connectivity index (χ2v) is 3.96. The van der Waals surface area contributed by atoms with E-state index in [9.17, 15) is 0 Å². The number of benzene rings is 1. The quantitative estimate of drug-likeness (QED) is 0.249. The molecule has 0 atom stereocenters. The molecule has 0 radical (unpaired) electrons. The molecule has 0 aliphatic rings. The maximum Gasteiger partial charge on any atom is 0.0907 e. The second kappa shape index (κ2) is 4.81. The zero-order valence-corrected chi connectivity index (χ0v) is 13.1. The Kier molecular flexibility index (Phi) is 5.09. The molecule has 0 aliphatic heterocycles. The smallest absolute Gasteiger partial charge is 0.0907 e. The molecule has 0 heterocycles. The number of hydrogen-bond acceptors (Lipinski definition) is 3. The summed E-state index contributed by atoms with van der Waals surface area (Å²) in [5, 5.41) is 27.2. The predicted molar refractivity (Wildman–Crippen MR) is 55.7 cm³/mol. The van der Waals surface area contributed by atoms with Crippen LogP contribution in [-0.4, -0.2) is 15.3 Å². The van der Waals surface area contributed by atoms with Crippen molar-refractivity contribution in [2.75, 3.05) is 0 Å². The largest absolute Gasteiger partial charge is 0.561 e. The molecular weight excluding hydrogens is 439 g/mol. The molecule has 0 bridgehead atoms. The van der Waals surface area contributed by atoms with Crippen LogP contribution >= 0.6 is 45.2 Å². The summed E-state index contributed by atoms with van der Waals surface area (Å²) in [6.45, 7) is 0. The molecule has 0 spiro atoms. The molecule has 0 unspecified atom stereocenters. The van der Waals surface area contributed by atoms with Crippen molar-refractivity contribution in [1.82, 2.24) is 0 Å². The number of halogens is 2. The van der Waals surface area contributed by atoms with E-state index in [0.717, 1.165) is 0 Å². The Morgan fingerprint density at radius 1 is 0.833 bits per heavy atom. The Labute approximate surface area is 109 Å². The summed E-state index contributed by atoms with van der Waals surface area (Å²) in [6, 6.07) is 2.66. The van der Waals surface area contributed by atoms with Gasteiger partial charge in [-0.05, 0) is 0 Å². The normalized spacial score (nSPS) is 9.17. The van der Waals surface area contributed by atoms with Crippen LogP contribution < -0.4 is 0 Å². The fraction of sp³-hybridized carbons (Fsp3) is 0. The Morgan fingerprint density at radius 2 is 1.17 bits per heavy atom. The van der Waals surface area contributed by atoms with Crippen LogP contribution in [-0.2, 0) is 19.5 Å². The average molecular weight is 442 g/mol. The number of hydrogen-bond donors (Lipinski definition) is 3. The van der Waals surface area contributed by atoms with Crippen molar-refractivity contribution in [3.63, 3.8) is 0 Å². The van der Waals surface area contributed by atoms with E-state index in [1.807, 2.05) is 45.2 Å². The minimum absolute atomic E-state index is 0. The Morgan fingerprint density at radius 3 is 1.50 bits per heavy atom. The van der Waals surface area contributed by atoms with E-state index in [2.05, 4.69) is 6.07 Å². The first-order valence-electron chi connectivity index (χ1n) is 2.55. The van der Waals surface area contributed by atoms with Gasteiger partial charge in [-0.15, -0.1) is 6.07 Å². The van der Waals surface area contributed by atoms with Gasteiger partial charge in [0.05, 0.1) is 17.2 Å². The van der Waals surface area contributed by atoms with Gasteiger partial charge in [0.25, 0.3) is 0 Å². The van der Waals surface area contributed by atoms with Gasteiger partial charge in [-0.2, -0.15) is 0 Å². The number of rotatable bonds is 0. The van der Waals surface area contributed by atoms with Crippen molar-refractivity contribution in [1.29, 1.82) is 0 Å². The van der Waals surface area contributed by atoms with Gasteiger partial charge in [-0.3, -0.25) is 0 Å². The summed E-state index contributed by atoms with van der Waals surface area (Å²) < 4.78 is 0.782. The first kappa shape index (κ1) is 12.7. The first-order valence-corrected chi connectivity index (χ1v) is 4.71. The topological polar surface area (TPSA) is 60.7 Å². The van der Waals surface area contributed by atoms with Crippen molar-refractivity contribution in [2.24, 2.45) is 0 Å². The van der Waals surface area contributed by atoms with E-state index in [1.54, 1.807) is 0 Å². The van der Waals surface area contributed by atoms with Gasteiger partial charge in [0.15, 0.2) is 0 Å². The van der Waals surface area contributed by atoms with Crippen LogP contribution in [0, 0.1) is 13.2 Å². The van der Waals surface area contributed by atoms with Crippen LogP contribution in [0.2, 0.25) is 0 Å². The standard InChI is InChI=1S/C6H3I2O3.Zn/c7-2-1-3(8)5(10)6(11)4(2)9;/h9-11H;/q-1;. The zero-order chi connectivity index (χ0) is 8.59. The Hall–Kier alpha value is 0.703. The van der Waals surface area contributed by atoms with Crippen molar-refractivity contribution >= 4 is 45.2 Å². The van der Waals surface area contributed by atoms with Crippen LogP contribution in [0.3, 0.4) is 0 Å². The summed E-state index contributed by atoms with van der Waals surface area (Å²) in [4.78, 5) is 0. The molecule has 1 rings (SSSR count). The van der Waals surface area contributed by atoms with E-state index < -0.39 is 5.75 Å². The maximum atomic E-state index is 9.06. The van der Waals surface area contributed by atoms with Crippen molar-refractivity contribution in [2.45, 2.75) is 0 Å². The number of phenolic OH excluding ortho intramolecular Hbond substituents is 3. The van der Waals surface area contributed by atoms with Gasteiger partial charge in [-0.1, -0.05) is 52.3 Å². The van der Waals surface area contributed by atoms with Gasteiger partial charge >= 0.3 is 0 Å². The summed E-state index contributed by atoms with van der Waals surface area (Å²) >= 11 is 3.62. The average Bonchev–Trinajstić information content (AvgIpc) is 1.97. The van der Waals surface area contributed by atoms with Crippen molar-refractivity contribution in [3.8, 4) is 17.2 Å². The van der Waals surface area contributed by atoms with E-state index in [4.69, 9.17) is 15.3 Å². The maximum absolute atomic E-state index is 9.06. The third-order valence-electron chi connectivity index (χ3n) is 1.08. The predicted octanol–water partition coefficient (Wildman–Crippen LogP) is 1.81. The summed E-state index contributed by atoms with van der Waals surface area (Å²) in [7, 11) is 0. The second-order valence-electron chi connectivity index (χ2n) is 1.80. The fourth-order valence-electron chi connectivity index (χ4n) is 0.535. The molecular formula is C6H3I2O3Zn-. The van der Waals surface area contributed by atoms with Gasteiger partial charge < -0.3 is 15.3 Å². The molecule has 12 heavy (non-hydrogen) atoms. The third-order valence-corrected chi connectivity index (χ3v) is 2.65. The molecule has 1 aromatic rings. The molecule has 3 nitrogen and oxygen atoms in total. The van der Waals surface area contributed by atoms with Crippen LogP contribution in [0.4, 0.5) is 0 Å². The minimum Gasteiger partial charge on any atom is -0.561 e. The Bertz CT molecular complexity index is 277. The molecule has 0 saturated heterocycles. The van der Waals surface area contributed by atoms with Crippen LogP contribution in [0.1, 0.15) is 0 Å². The fourth-order valence-corrected chi connectivity index (χ4v) is 2.10. The molecule has 0 saturated carbocycles. The van der Waals surface area contributed by atoms with Crippen LogP contribution in [0.25, 0.3) is 0 Å². The van der Waals surface area contributed by atoms with Crippen molar-refractivity contribution < 1.29 is 34.8 Å². The molecule has 0 fully saturated rings. The molecule has 0 aliphatic carbocycles. The van der Waals surface area contributed by atoms with E-state index in [1.165, 1.54) is 0 Å². The molecule has 0 aromatic heterocycles. The van der Waals surface area contributed by atoms with Gasteiger partial charge in [0, 0.05) is 19.5 Å². The SMILES string of the molecule is Oc1c(I)[c-]c(I)c(O)c1O.[Zn]. The third kappa shape index (κ3) is 2.35. The zero-order valence-electron chi connectivity index (χ0n) is 5.80. The van der Waals surface area contributed by atoms with Crippen molar-refractivity contribution in [3.05, 3.63) is 13.2 Å². The molecule has 0 amide bonds. The molecule has 1 aromatic carbocycles. The summed E-state index contributed by atoms with van der Waals surface area (Å²) in [5.41, 5.74) is 0. The molecule has 3 N–H and O–H groups in total. The number of phenols is 3. The monoisotopic (exact) mass is 441 g/mol. The van der Waals surface area contributed by atoms with E-state index in [0.29, 0.717) is 7.14 Å². The van der Waals surface area contributed by atoms with Crippen LogP contribution in [0.5, 0.6) is 17.2 Å². The summed E-state index contributed by atoms with van der Waals surface area (Å²) in [6.07, 6.45) is 0. The van der Waals surface area contributed by atoms with Crippen LogP contribution in [0.15, 0.2) is 0 Å². The Balaban J connectivity index is 0.00000121. The van der Waals surface area contributed by atoms with Gasteiger partial charge in [0.2, 0.25) is 0 Å². The molecule has 6 heteroatoms. The van der Waals surface area contributed by atoms with E-state index >= 15 is 0 Å². The number of aromatic hydroxyl groups is 3. The van der Waals surface area contributed by atoms with E-state index in [-0.39, 0.29) is 31.0 Å². The first-order chi connectivity index (χ1) is 5.04. The minimum atomic E-state index is -0.488.